The van der Waals surface area contributed by atoms with Gasteiger partial charge in [0.25, 0.3) is 0 Å². The molecule has 0 spiro atoms. The molecule has 6 N–H and O–H groups in total. The zero-order chi connectivity index (χ0) is 31.2. The Kier molecular flexibility index (Phi) is 16.5. The molecule has 1 amide bonds. The first-order valence-electron chi connectivity index (χ1n) is 15.5. The fourth-order valence-corrected chi connectivity index (χ4v) is 4.23. The van der Waals surface area contributed by atoms with Crippen LogP contribution in [0.1, 0.15) is 56.6 Å². The molecule has 0 saturated carbocycles. The number of aromatic nitrogens is 3. The number of rotatable bonds is 23. The molecule has 0 atom stereocenters. The van der Waals surface area contributed by atoms with Crippen LogP contribution in [0.5, 0.6) is 0 Å². The van der Waals surface area contributed by atoms with Crippen molar-refractivity contribution in [3.8, 4) is 0 Å². The van der Waals surface area contributed by atoms with E-state index in [2.05, 4.69) is 43.1 Å². The van der Waals surface area contributed by atoms with Crippen LogP contribution in [0, 0.1) is 5.82 Å². The molecular formula is C32H47FN8O3. The van der Waals surface area contributed by atoms with Crippen LogP contribution in [0.25, 0.3) is 0 Å². The molecule has 11 nitrogen and oxygen atoms in total. The van der Waals surface area contributed by atoms with Crippen LogP contribution in [0.15, 0.2) is 48.5 Å². The number of nitrogens with zero attached hydrogens (tertiary/aromatic N) is 3. The summed E-state index contributed by atoms with van der Waals surface area (Å²) in [4.78, 5) is 25.9. The largest absolute Gasteiger partial charge is 0.378 e. The minimum Gasteiger partial charge on any atom is -0.378 e. The number of hydrogen-bond acceptors (Lipinski definition) is 10. The van der Waals surface area contributed by atoms with E-state index in [0.717, 1.165) is 36.2 Å². The predicted octanol–water partition coefficient (Wildman–Crippen LogP) is 4.79. The average molecular weight is 611 g/mol. The molecular weight excluding hydrogens is 563 g/mol. The lowest BCUT2D eigenvalue weighted by Crippen LogP contribution is -2.29. The summed E-state index contributed by atoms with van der Waals surface area (Å²) in [5, 5.41) is 12.6. The minimum atomic E-state index is -0.279. The Hall–Kier alpha value is -3.87. The molecule has 3 aromatic rings. The molecule has 0 aliphatic carbocycles. The van der Waals surface area contributed by atoms with Gasteiger partial charge in [0.2, 0.25) is 23.8 Å². The molecule has 0 aliphatic rings. The summed E-state index contributed by atoms with van der Waals surface area (Å²) in [5.41, 5.74) is 7.92. The number of nitrogens with two attached hydrogens (primary N) is 1. The summed E-state index contributed by atoms with van der Waals surface area (Å²) in [5.74, 6) is 0.893. The first kappa shape index (κ1) is 34.6. The number of unbranched alkanes of at least 4 members (excludes halogenated alkanes) is 5. The van der Waals surface area contributed by atoms with Gasteiger partial charge < -0.3 is 36.5 Å². The number of anilines is 4. The van der Waals surface area contributed by atoms with Gasteiger partial charge >= 0.3 is 0 Å². The van der Waals surface area contributed by atoms with E-state index >= 15 is 0 Å². The molecule has 0 fully saturated rings. The normalized spacial score (nSPS) is 10.9. The molecule has 1 aromatic heterocycles. The van der Waals surface area contributed by atoms with Crippen molar-refractivity contribution in [1.82, 2.24) is 20.3 Å². The summed E-state index contributed by atoms with van der Waals surface area (Å²) in [6, 6.07) is 13.8. The van der Waals surface area contributed by atoms with Crippen LogP contribution in [0.2, 0.25) is 0 Å². The second kappa shape index (κ2) is 20.9. The number of amides is 1. The molecule has 0 saturated heterocycles. The maximum absolute atomic E-state index is 13.3. The highest BCUT2D eigenvalue weighted by Gasteiger charge is 2.09. The van der Waals surface area contributed by atoms with E-state index < -0.39 is 0 Å². The quantitative estimate of drug-likeness (QED) is 0.0949. The Morgan fingerprint density at radius 3 is 2.11 bits per heavy atom. The zero-order valence-electron chi connectivity index (χ0n) is 25.7. The van der Waals surface area contributed by atoms with Gasteiger partial charge in [-0.15, -0.1) is 0 Å². The molecule has 240 valence electrons. The van der Waals surface area contributed by atoms with Crippen molar-refractivity contribution >= 4 is 29.4 Å². The first-order valence-corrected chi connectivity index (χ1v) is 15.5. The Labute approximate surface area is 260 Å². The summed E-state index contributed by atoms with van der Waals surface area (Å²) >= 11 is 0. The number of carbonyl (C=O) groups is 1. The SMILES string of the molecule is CCCCCCCCNc1nc(NCc2ccc(F)cc2)nc(Nc2ccc(CC(=O)NCCOCCOCCN)cc2)n1. The van der Waals surface area contributed by atoms with Gasteiger partial charge in [-0.25, -0.2) is 4.39 Å². The summed E-state index contributed by atoms with van der Waals surface area (Å²) in [7, 11) is 0. The van der Waals surface area contributed by atoms with Crippen molar-refractivity contribution in [3.05, 3.63) is 65.5 Å². The monoisotopic (exact) mass is 610 g/mol. The number of carbonyl (C=O) groups excluding carboxylic acids is 1. The van der Waals surface area contributed by atoms with Crippen molar-refractivity contribution in [1.29, 1.82) is 0 Å². The topological polar surface area (TPSA) is 148 Å². The maximum atomic E-state index is 13.3. The molecule has 0 radical (unpaired) electrons. The molecule has 2 aromatic carbocycles. The van der Waals surface area contributed by atoms with Gasteiger partial charge in [-0.05, 0) is 41.8 Å². The van der Waals surface area contributed by atoms with E-state index in [9.17, 15) is 9.18 Å². The molecule has 12 heteroatoms. The van der Waals surface area contributed by atoms with Crippen LogP contribution >= 0.6 is 0 Å². The van der Waals surface area contributed by atoms with Gasteiger partial charge in [-0.2, -0.15) is 15.0 Å². The van der Waals surface area contributed by atoms with Crippen molar-refractivity contribution in [2.45, 2.75) is 58.4 Å². The third-order valence-corrected chi connectivity index (χ3v) is 6.59. The number of benzene rings is 2. The molecule has 0 aliphatic heterocycles. The lowest BCUT2D eigenvalue weighted by molar-refractivity contribution is -0.120. The second-order valence-electron chi connectivity index (χ2n) is 10.3. The van der Waals surface area contributed by atoms with Crippen LogP contribution in [-0.4, -0.2) is 66.9 Å². The van der Waals surface area contributed by atoms with Crippen molar-refractivity contribution in [3.63, 3.8) is 0 Å². The number of nitrogens with one attached hydrogen (secondary N) is 4. The molecule has 0 bridgehead atoms. The van der Waals surface area contributed by atoms with E-state index in [0.29, 0.717) is 63.9 Å². The maximum Gasteiger partial charge on any atom is 0.233 e. The highest BCUT2D eigenvalue weighted by atomic mass is 19.1. The van der Waals surface area contributed by atoms with Gasteiger partial charge in [0.15, 0.2) is 0 Å². The molecule has 44 heavy (non-hydrogen) atoms. The lowest BCUT2D eigenvalue weighted by atomic mass is 10.1. The number of hydrogen-bond donors (Lipinski definition) is 5. The molecule has 3 rings (SSSR count). The van der Waals surface area contributed by atoms with Crippen molar-refractivity contribution in [2.75, 3.05) is 62.0 Å². The fourth-order valence-electron chi connectivity index (χ4n) is 4.23. The number of ether oxygens (including phenoxy) is 2. The van der Waals surface area contributed by atoms with E-state index in [1.807, 2.05) is 24.3 Å². The van der Waals surface area contributed by atoms with Crippen molar-refractivity contribution < 1.29 is 18.7 Å². The van der Waals surface area contributed by atoms with Gasteiger partial charge in [0, 0.05) is 31.9 Å². The summed E-state index contributed by atoms with van der Waals surface area (Å²) in [6.45, 7) is 6.22. The van der Waals surface area contributed by atoms with Gasteiger partial charge in [-0.3, -0.25) is 4.79 Å². The van der Waals surface area contributed by atoms with Crippen LogP contribution in [-0.2, 0) is 27.2 Å². The van der Waals surface area contributed by atoms with Gasteiger partial charge in [-0.1, -0.05) is 63.3 Å². The van der Waals surface area contributed by atoms with Crippen LogP contribution in [0.3, 0.4) is 0 Å². The van der Waals surface area contributed by atoms with Gasteiger partial charge in [0.05, 0.1) is 32.8 Å². The zero-order valence-corrected chi connectivity index (χ0v) is 25.7. The average Bonchev–Trinajstić information content (AvgIpc) is 3.02. The Balaban J connectivity index is 1.52. The third-order valence-electron chi connectivity index (χ3n) is 6.59. The van der Waals surface area contributed by atoms with Crippen LogP contribution in [0.4, 0.5) is 27.9 Å². The summed E-state index contributed by atoms with van der Waals surface area (Å²) in [6.07, 6.45) is 7.44. The molecule has 0 unspecified atom stereocenters. The smallest absolute Gasteiger partial charge is 0.233 e. The Morgan fingerprint density at radius 1 is 0.750 bits per heavy atom. The third kappa shape index (κ3) is 14.5. The van der Waals surface area contributed by atoms with Gasteiger partial charge in [0.1, 0.15) is 5.82 Å². The predicted molar refractivity (Wildman–Crippen MR) is 173 cm³/mol. The van der Waals surface area contributed by atoms with E-state index in [1.165, 1.54) is 37.8 Å². The molecule has 1 heterocycles. The minimum absolute atomic E-state index is 0.0795. The van der Waals surface area contributed by atoms with E-state index in [-0.39, 0.29) is 18.1 Å². The fraction of sp³-hybridized carbons (Fsp3) is 0.500. The highest BCUT2D eigenvalue weighted by molar-refractivity contribution is 5.78. The number of halogens is 1. The Morgan fingerprint density at radius 2 is 1.39 bits per heavy atom. The van der Waals surface area contributed by atoms with Crippen molar-refractivity contribution in [2.24, 2.45) is 5.73 Å². The Bertz CT molecular complexity index is 1220. The van der Waals surface area contributed by atoms with E-state index in [4.69, 9.17) is 15.2 Å². The lowest BCUT2D eigenvalue weighted by Gasteiger charge is -2.12. The standard InChI is InChI=1S/C32H47FN8O3/c1-2-3-4-5-6-7-17-36-30-39-31(37-24-26-8-12-27(33)13-9-26)41-32(40-30)38-28-14-10-25(11-15-28)23-29(42)35-18-20-44-22-21-43-19-16-34/h8-15H,2-7,16-24,34H2,1H3,(H,35,42)(H3,36,37,38,39,40,41). The first-order chi connectivity index (χ1) is 21.6. The summed E-state index contributed by atoms with van der Waals surface area (Å²) < 4.78 is 24.0. The second-order valence-corrected chi connectivity index (χ2v) is 10.3. The highest BCUT2D eigenvalue weighted by Crippen LogP contribution is 2.18. The van der Waals surface area contributed by atoms with Crippen LogP contribution < -0.4 is 27.0 Å². The van der Waals surface area contributed by atoms with E-state index in [1.54, 1.807) is 12.1 Å².